The number of fused-ring (bicyclic) bond motifs is 8. The third-order valence-electron chi connectivity index (χ3n) is 9.69. The molecule has 0 radical (unpaired) electrons. The molecular formula is C33H30N2. The van der Waals surface area contributed by atoms with Gasteiger partial charge in [0.15, 0.2) is 0 Å². The predicted octanol–water partition coefficient (Wildman–Crippen LogP) is 7.29. The quantitative estimate of drug-likeness (QED) is 0.270. The lowest BCUT2D eigenvalue weighted by Gasteiger charge is -2.34. The van der Waals surface area contributed by atoms with Crippen molar-refractivity contribution in [3.63, 3.8) is 0 Å². The fourth-order valence-corrected chi connectivity index (χ4v) is 8.40. The van der Waals surface area contributed by atoms with Crippen LogP contribution in [0.1, 0.15) is 64.5 Å². The minimum absolute atomic E-state index is 0.530. The van der Waals surface area contributed by atoms with Gasteiger partial charge in [-0.25, -0.2) is 0 Å². The summed E-state index contributed by atoms with van der Waals surface area (Å²) in [5.74, 6) is 2.45. The Hall–Kier alpha value is -3.52. The Bertz CT molecular complexity index is 1420. The van der Waals surface area contributed by atoms with E-state index in [-0.39, 0.29) is 0 Å². The lowest BCUT2D eigenvalue weighted by molar-refractivity contribution is 0.368. The monoisotopic (exact) mass is 454 g/mol. The fraction of sp³-hybridized carbons (Fsp3) is 0.273. The van der Waals surface area contributed by atoms with Crippen LogP contribution in [-0.4, -0.2) is 0 Å². The Morgan fingerprint density at radius 3 is 1.49 bits per heavy atom. The molecule has 0 heterocycles. The van der Waals surface area contributed by atoms with E-state index >= 15 is 0 Å². The van der Waals surface area contributed by atoms with Gasteiger partial charge in [-0.1, -0.05) is 60.7 Å². The van der Waals surface area contributed by atoms with Crippen molar-refractivity contribution in [1.82, 2.24) is 0 Å². The zero-order valence-corrected chi connectivity index (χ0v) is 19.9. The molecular weight excluding hydrogens is 424 g/mol. The van der Waals surface area contributed by atoms with E-state index in [1.165, 1.54) is 74.9 Å². The second kappa shape index (κ2) is 7.01. The zero-order valence-electron chi connectivity index (χ0n) is 19.9. The summed E-state index contributed by atoms with van der Waals surface area (Å²) in [5, 5.41) is 0. The summed E-state index contributed by atoms with van der Waals surface area (Å²) in [5.41, 5.74) is 29.9. The molecule has 2 bridgehead atoms. The van der Waals surface area contributed by atoms with Crippen LogP contribution in [0.3, 0.4) is 0 Å². The largest absolute Gasteiger partial charge is 0.398 e. The number of hydrogen-bond donors (Lipinski definition) is 2. The molecule has 0 aromatic heterocycles. The van der Waals surface area contributed by atoms with Crippen LogP contribution in [0, 0.1) is 11.8 Å². The molecule has 0 amide bonds. The van der Waals surface area contributed by atoms with Gasteiger partial charge in [0.2, 0.25) is 0 Å². The topological polar surface area (TPSA) is 52.0 Å². The second-order valence-electron chi connectivity index (χ2n) is 11.3. The van der Waals surface area contributed by atoms with Gasteiger partial charge in [0.25, 0.3) is 0 Å². The minimum Gasteiger partial charge on any atom is -0.398 e. The second-order valence-corrected chi connectivity index (χ2v) is 11.3. The van der Waals surface area contributed by atoms with Crippen LogP contribution in [0.15, 0.2) is 72.8 Å². The molecule has 0 aliphatic heterocycles. The van der Waals surface area contributed by atoms with Gasteiger partial charge in [-0.15, -0.1) is 0 Å². The molecule has 8 rings (SSSR count). The van der Waals surface area contributed by atoms with E-state index in [1.54, 1.807) is 0 Å². The number of anilines is 2. The Kier molecular flexibility index (Phi) is 3.95. The molecule has 2 heteroatoms. The van der Waals surface area contributed by atoms with Crippen molar-refractivity contribution in [2.45, 2.75) is 43.9 Å². The van der Waals surface area contributed by atoms with Crippen molar-refractivity contribution in [2.24, 2.45) is 11.8 Å². The highest BCUT2D eigenvalue weighted by Gasteiger charge is 2.49. The average molecular weight is 455 g/mol. The summed E-state index contributed by atoms with van der Waals surface area (Å²) >= 11 is 0. The summed E-state index contributed by atoms with van der Waals surface area (Å²) in [6.45, 7) is 0. The third-order valence-corrected chi connectivity index (χ3v) is 9.69. The van der Waals surface area contributed by atoms with Crippen molar-refractivity contribution < 1.29 is 0 Å². The minimum atomic E-state index is 0.530. The first kappa shape index (κ1) is 19.8. The van der Waals surface area contributed by atoms with Crippen LogP contribution >= 0.6 is 0 Å². The lowest BCUT2D eigenvalue weighted by atomic mass is 9.71. The van der Waals surface area contributed by atoms with Crippen LogP contribution in [0.25, 0.3) is 22.3 Å². The Labute approximate surface area is 207 Å². The van der Waals surface area contributed by atoms with E-state index in [9.17, 15) is 0 Å². The molecule has 4 N–H and O–H groups in total. The third kappa shape index (κ3) is 2.66. The van der Waals surface area contributed by atoms with Gasteiger partial charge < -0.3 is 11.5 Å². The average Bonchev–Trinajstić information content (AvgIpc) is 3.63. The standard InChI is InChI=1S/C33H30N2/c34-30-11-9-23-21-7-3-1-5-19(21)16-28(23)32(30)26-14-18-13-25(26)27(15-18)33-29-17-20-6-2-4-8-22(20)24(29)10-12-31(33)35/h1-12,18,25-27H,13-17,34-35H2. The van der Waals surface area contributed by atoms with Crippen molar-refractivity contribution in [3.8, 4) is 22.3 Å². The van der Waals surface area contributed by atoms with Crippen LogP contribution in [0.2, 0.25) is 0 Å². The molecule has 35 heavy (non-hydrogen) atoms. The molecule has 0 saturated heterocycles. The first-order valence-corrected chi connectivity index (χ1v) is 13.2. The van der Waals surface area contributed by atoms with Gasteiger partial charge in [-0.05, 0) is 124 Å². The van der Waals surface area contributed by atoms with Crippen LogP contribution < -0.4 is 11.5 Å². The fourth-order valence-electron chi connectivity index (χ4n) is 8.40. The lowest BCUT2D eigenvalue weighted by Crippen LogP contribution is -2.21. The van der Waals surface area contributed by atoms with Gasteiger partial charge in [-0.3, -0.25) is 0 Å². The molecule has 4 aliphatic carbocycles. The molecule has 2 saturated carbocycles. The SMILES string of the molecule is Nc1ccc2c(c1C1CC3CC(c4c(N)ccc5c4Cc4ccccc4-5)C1C3)Cc1ccccc1-2. The molecule has 2 unspecified atom stereocenters. The molecule has 2 fully saturated rings. The van der Waals surface area contributed by atoms with Crippen molar-refractivity contribution in [2.75, 3.05) is 11.5 Å². The Morgan fingerprint density at radius 2 is 1.00 bits per heavy atom. The number of hydrogen-bond acceptors (Lipinski definition) is 2. The summed E-state index contributed by atoms with van der Waals surface area (Å²) in [6.07, 6.45) is 5.88. The maximum absolute atomic E-state index is 6.78. The van der Waals surface area contributed by atoms with E-state index in [4.69, 9.17) is 11.5 Å². The molecule has 2 nitrogen and oxygen atoms in total. The summed E-state index contributed by atoms with van der Waals surface area (Å²) < 4.78 is 0. The van der Waals surface area contributed by atoms with Gasteiger partial charge in [-0.2, -0.15) is 0 Å². The van der Waals surface area contributed by atoms with E-state index in [1.807, 2.05) is 0 Å². The molecule has 4 aromatic rings. The van der Waals surface area contributed by atoms with Gasteiger partial charge in [0.05, 0.1) is 0 Å². The number of rotatable bonds is 2. The summed E-state index contributed by atoms with van der Waals surface area (Å²) in [7, 11) is 0. The normalized spacial score (nSPS) is 24.8. The maximum atomic E-state index is 6.78. The smallest absolute Gasteiger partial charge is 0.0352 e. The van der Waals surface area contributed by atoms with Gasteiger partial charge in [0, 0.05) is 11.4 Å². The van der Waals surface area contributed by atoms with Crippen LogP contribution in [-0.2, 0) is 12.8 Å². The Morgan fingerprint density at radius 1 is 0.514 bits per heavy atom. The highest BCUT2D eigenvalue weighted by Crippen LogP contribution is 2.63. The molecule has 4 aromatic carbocycles. The Balaban J connectivity index is 1.23. The molecule has 172 valence electrons. The first-order valence-electron chi connectivity index (χ1n) is 13.2. The van der Waals surface area contributed by atoms with Crippen molar-refractivity contribution in [3.05, 3.63) is 106 Å². The van der Waals surface area contributed by atoms with E-state index in [2.05, 4.69) is 72.8 Å². The van der Waals surface area contributed by atoms with Gasteiger partial charge >= 0.3 is 0 Å². The highest BCUT2D eigenvalue weighted by atomic mass is 14.6. The number of nitrogens with two attached hydrogens (primary N) is 2. The molecule has 4 aliphatic rings. The summed E-state index contributed by atoms with van der Waals surface area (Å²) in [6, 6.07) is 26.6. The van der Waals surface area contributed by atoms with E-state index in [0.29, 0.717) is 17.8 Å². The van der Waals surface area contributed by atoms with Gasteiger partial charge in [0.1, 0.15) is 0 Å². The van der Waals surface area contributed by atoms with Crippen molar-refractivity contribution in [1.29, 1.82) is 0 Å². The molecule has 0 spiro atoms. The maximum Gasteiger partial charge on any atom is 0.0352 e. The van der Waals surface area contributed by atoms with Crippen molar-refractivity contribution >= 4 is 11.4 Å². The van der Waals surface area contributed by atoms with E-state index in [0.717, 1.165) is 30.1 Å². The predicted molar refractivity (Wildman–Crippen MR) is 145 cm³/mol. The van der Waals surface area contributed by atoms with E-state index < -0.39 is 0 Å². The summed E-state index contributed by atoms with van der Waals surface area (Å²) in [4.78, 5) is 0. The first-order chi connectivity index (χ1) is 17.2. The zero-order chi connectivity index (χ0) is 23.3. The highest BCUT2D eigenvalue weighted by molar-refractivity contribution is 5.82. The number of benzene rings is 4. The van der Waals surface area contributed by atoms with Crippen LogP contribution in [0.5, 0.6) is 0 Å². The number of nitrogen functional groups attached to an aromatic ring is 2. The molecule has 2 atom stereocenters. The van der Waals surface area contributed by atoms with Crippen LogP contribution in [0.4, 0.5) is 11.4 Å².